The Morgan fingerprint density at radius 1 is 1.04 bits per heavy atom. The van der Waals surface area contributed by atoms with Crippen molar-refractivity contribution >= 4 is 40.7 Å². The number of benzene rings is 2. The molecule has 6 heteroatoms. The molecule has 0 aliphatic rings. The highest BCUT2D eigenvalue weighted by molar-refractivity contribution is 6.42. The average molecular weight is 365 g/mol. The third-order valence-electron chi connectivity index (χ3n) is 3.33. The Hall–Kier alpha value is -2.04. The largest absolute Gasteiger partial charge is 0.352 e. The van der Waals surface area contributed by atoms with Crippen LogP contribution in [0, 0.1) is 0 Å². The quantitative estimate of drug-likeness (QED) is 0.801. The average Bonchev–Trinajstić information content (AvgIpc) is 2.56. The Labute approximate surface area is 151 Å². The van der Waals surface area contributed by atoms with Crippen LogP contribution in [0.25, 0.3) is 0 Å². The van der Waals surface area contributed by atoms with Gasteiger partial charge in [0.1, 0.15) is 0 Å². The van der Waals surface area contributed by atoms with E-state index >= 15 is 0 Å². The van der Waals surface area contributed by atoms with Gasteiger partial charge in [-0.05, 0) is 36.2 Å². The van der Waals surface area contributed by atoms with E-state index in [1.807, 2.05) is 6.92 Å². The van der Waals surface area contributed by atoms with Crippen molar-refractivity contribution in [2.75, 3.05) is 11.9 Å². The maximum absolute atomic E-state index is 12.2. The molecule has 24 heavy (non-hydrogen) atoms. The van der Waals surface area contributed by atoms with Gasteiger partial charge < -0.3 is 10.6 Å². The summed E-state index contributed by atoms with van der Waals surface area (Å²) in [5.74, 6) is -0.439. The molecule has 0 saturated heterocycles. The van der Waals surface area contributed by atoms with Crippen LogP contribution in [0.2, 0.25) is 10.0 Å². The third-order valence-corrected chi connectivity index (χ3v) is 4.07. The van der Waals surface area contributed by atoms with Gasteiger partial charge >= 0.3 is 0 Å². The molecular weight excluding hydrogens is 347 g/mol. The fraction of sp³-hybridized carbons (Fsp3) is 0.222. The topological polar surface area (TPSA) is 58.2 Å². The van der Waals surface area contributed by atoms with Gasteiger partial charge in [0.2, 0.25) is 5.91 Å². The SMILES string of the molecule is CCCNC(=O)c1ccccc1NC(=O)Cc1ccc(Cl)c(Cl)c1. The van der Waals surface area contributed by atoms with Gasteiger partial charge in [0.15, 0.2) is 0 Å². The zero-order chi connectivity index (χ0) is 17.5. The molecular formula is C18H18Cl2N2O2. The lowest BCUT2D eigenvalue weighted by molar-refractivity contribution is -0.115. The van der Waals surface area contributed by atoms with Crippen LogP contribution in [0.3, 0.4) is 0 Å². The first-order chi connectivity index (χ1) is 11.5. The van der Waals surface area contributed by atoms with Crippen LogP contribution < -0.4 is 10.6 Å². The molecule has 0 aliphatic carbocycles. The molecule has 2 N–H and O–H groups in total. The molecule has 0 heterocycles. The Kier molecular flexibility index (Phi) is 6.64. The molecule has 0 aromatic heterocycles. The number of carbonyl (C=O) groups excluding carboxylic acids is 2. The van der Waals surface area contributed by atoms with E-state index in [0.717, 1.165) is 12.0 Å². The summed E-state index contributed by atoms with van der Waals surface area (Å²) in [6.45, 7) is 2.57. The molecule has 0 aliphatic heterocycles. The van der Waals surface area contributed by atoms with E-state index in [1.165, 1.54) is 0 Å². The number of anilines is 1. The van der Waals surface area contributed by atoms with E-state index < -0.39 is 0 Å². The van der Waals surface area contributed by atoms with Gasteiger partial charge in [-0.1, -0.05) is 48.3 Å². The van der Waals surface area contributed by atoms with Crippen molar-refractivity contribution in [3.63, 3.8) is 0 Å². The number of para-hydroxylation sites is 1. The van der Waals surface area contributed by atoms with Gasteiger partial charge in [0.25, 0.3) is 5.91 Å². The number of nitrogens with one attached hydrogen (secondary N) is 2. The summed E-state index contributed by atoms with van der Waals surface area (Å²) in [5, 5.41) is 6.43. The number of hydrogen-bond acceptors (Lipinski definition) is 2. The molecule has 2 aromatic carbocycles. The zero-order valence-electron chi connectivity index (χ0n) is 13.2. The van der Waals surface area contributed by atoms with Gasteiger partial charge in [-0.3, -0.25) is 9.59 Å². The van der Waals surface area contributed by atoms with Gasteiger partial charge in [0, 0.05) is 6.54 Å². The Balaban J connectivity index is 2.08. The van der Waals surface area contributed by atoms with Crippen LogP contribution in [-0.2, 0) is 11.2 Å². The van der Waals surface area contributed by atoms with Crippen molar-refractivity contribution in [3.8, 4) is 0 Å². The van der Waals surface area contributed by atoms with Crippen LogP contribution in [0.5, 0.6) is 0 Å². The molecule has 0 saturated carbocycles. The van der Waals surface area contributed by atoms with E-state index in [9.17, 15) is 9.59 Å². The van der Waals surface area contributed by atoms with Crippen LogP contribution in [0.15, 0.2) is 42.5 Å². The van der Waals surface area contributed by atoms with Crippen molar-refractivity contribution in [2.24, 2.45) is 0 Å². The normalized spacial score (nSPS) is 10.3. The maximum atomic E-state index is 12.2. The van der Waals surface area contributed by atoms with E-state index in [1.54, 1.807) is 42.5 Å². The molecule has 0 atom stereocenters. The highest BCUT2D eigenvalue weighted by Crippen LogP contribution is 2.23. The van der Waals surface area contributed by atoms with E-state index in [2.05, 4.69) is 10.6 Å². The minimum Gasteiger partial charge on any atom is -0.352 e. The number of carbonyl (C=O) groups is 2. The number of amides is 2. The van der Waals surface area contributed by atoms with Crippen molar-refractivity contribution < 1.29 is 9.59 Å². The summed E-state index contributed by atoms with van der Waals surface area (Å²) < 4.78 is 0. The predicted octanol–water partition coefficient (Wildman–Crippen LogP) is 4.31. The zero-order valence-corrected chi connectivity index (χ0v) is 14.7. The smallest absolute Gasteiger partial charge is 0.253 e. The summed E-state index contributed by atoms with van der Waals surface area (Å²) in [7, 11) is 0. The molecule has 0 radical (unpaired) electrons. The number of rotatable bonds is 6. The second kappa shape index (κ2) is 8.71. The Morgan fingerprint density at radius 2 is 1.79 bits per heavy atom. The van der Waals surface area contributed by atoms with Gasteiger partial charge in [0.05, 0.1) is 27.7 Å². The van der Waals surface area contributed by atoms with Crippen LogP contribution in [0.1, 0.15) is 29.3 Å². The second-order valence-electron chi connectivity index (χ2n) is 5.27. The first-order valence-electron chi connectivity index (χ1n) is 7.62. The molecule has 0 bridgehead atoms. The third kappa shape index (κ3) is 4.98. The summed E-state index contributed by atoms with van der Waals surface area (Å²) in [5.41, 5.74) is 1.67. The summed E-state index contributed by atoms with van der Waals surface area (Å²) in [6.07, 6.45) is 0.986. The monoisotopic (exact) mass is 364 g/mol. The molecule has 4 nitrogen and oxygen atoms in total. The molecule has 2 rings (SSSR count). The Bertz CT molecular complexity index is 748. The number of halogens is 2. The summed E-state index contributed by atoms with van der Waals surface area (Å²) in [6, 6.07) is 12.0. The van der Waals surface area contributed by atoms with Crippen LogP contribution in [0.4, 0.5) is 5.69 Å². The molecule has 126 valence electrons. The first kappa shape index (κ1) is 18.3. The molecule has 0 unspecified atom stereocenters. The lowest BCUT2D eigenvalue weighted by atomic mass is 10.1. The highest BCUT2D eigenvalue weighted by Gasteiger charge is 2.13. The van der Waals surface area contributed by atoms with Crippen molar-refractivity contribution in [1.29, 1.82) is 0 Å². The fourth-order valence-corrected chi connectivity index (χ4v) is 2.47. The van der Waals surface area contributed by atoms with Crippen LogP contribution in [-0.4, -0.2) is 18.4 Å². The highest BCUT2D eigenvalue weighted by atomic mass is 35.5. The lowest BCUT2D eigenvalue weighted by Crippen LogP contribution is -2.26. The summed E-state index contributed by atoms with van der Waals surface area (Å²) in [4.78, 5) is 24.4. The van der Waals surface area contributed by atoms with E-state index in [-0.39, 0.29) is 18.2 Å². The standard InChI is InChI=1S/C18H18Cl2N2O2/c1-2-9-21-18(24)13-5-3-4-6-16(13)22-17(23)11-12-7-8-14(19)15(20)10-12/h3-8,10H,2,9,11H2,1H3,(H,21,24)(H,22,23). The molecule has 2 amide bonds. The van der Waals surface area contributed by atoms with Crippen molar-refractivity contribution in [3.05, 3.63) is 63.6 Å². The maximum Gasteiger partial charge on any atom is 0.253 e. The van der Waals surface area contributed by atoms with Gasteiger partial charge in [-0.15, -0.1) is 0 Å². The summed E-state index contributed by atoms with van der Waals surface area (Å²) >= 11 is 11.8. The minimum absolute atomic E-state index is 0.141. The molecule has 0 spiro atoms. The fourth-order valence-electron chi connectivity index (χ4n) is 2.15. The predicted molar refractivity (Wildman–Crippen MR) is 97.9 cm³/mol. The van der Waals surface area contributed by atoms with E-state index in [0.29, 0.717) is 27.8 Å². The van der Waals surface area contributed by atoms with Crippen molar-refractivity contribution in [1.82, 2.24) is 5.32 Å². The van der Waals surface area contributed by atoms with Crippen LogP contribution >= 0.6 is 23.2 Å². The van der Waals surface area contributed by atoms with Gasteiger partial charge in [-0.2, -0.15) is 0 Å². The second-order valence-corrected chi connectivity index (χ2v) is 6.09. The Morgan fingerprint density at radius 3 is 2.50 bits per heavy atom. The number of hydrogen-bond donors (Lipinski definition) is 2. The van der Waals surface area contributed by atoms with E-state index in [4.69, 9.17) is 23.2 Å². The minimum atomic E-state index is -0.232. The molecule has 0 fully saturated rings. The first-order valence-corrected chi connectivity index (χ1v) is 8.38. The van der Waals surface area contributed by atoms with Gasteiger partial charge in [-0.25, -0.2) is 0 Å². The van der Waals surface area contributed by atoms with Crippen molar-refractivity contribution in [2.45, 2.75) is 19.8 Å². The molecule has 2 aromatic rings. The lowest BCUT2D eigenvalue weighted by Gasteiger charge is -2.11.